The van der Waals surface area contributed by atoms with E-state index < -0.39 is 0 Å². The van der Waals surface area contributed by atoms with E-state index in [0.717, 1.165) is 40.9 Å². The Morgan fingerprint density at radius 1 is 1.32 bits per heavy atom. The van der Waals surface area contributed by atoms with Crippen molar-refractivity contribution in [2.24, 2.45) is 11.8 Å². The van der Waals surface area contributed by atoms with Crippen molar-refractivity contribution in [3.63, 3.8) is 0 Å². The number of nitrogens with one attached hydrogen (secondary N) is 1. The predicted molar refractivity (Wildman–Crippen MR) is 78.5 cm³/mol. The lowest BCUT2D eigenvalue weighted by Gasteiger charge is -2.16. The van der Waals surface area contributed by atoms with E-state index in [1.54, 1.807) is 0 Å². The molecule has 1 aromatic carbocycles. The maximum absolute atomic E-state index is 5.44. The van der Waals surface area contributed by atoms with Gasteiger partial charge in [0.15, 0.2) is 11.5 Å². The molecule has 1 N–H and O–H groups in total. The van der Waals surface area contributed by atoms with Crippen LogP contribution in [0.4, 0.5) is 0 Å². The van der Waals surface area contributed by atoms with Crippen LogP contribution in [-0.2, 0) is 6.54 Å². The average molecular weight is 326 g/mol. The average Bonchev–Trinajstić information content (AvgIpc) is 2.99. The first-order valence-corrected chi connectivity index (χ1v) is 7.82. The Bertz CT molecular complexity index is 464. The normalized spacial score (nSPS) is 24.9. The summed E-state index contributed by atoms with van der Waals surface area (Å²) in [6.45, 7) is 4.70. The Hall–Kier alpha value is -0.740. The zero-order valence-electron chi connectivity index (χ0n) is 11.2. The van der Waals surface area contributed by atoms with Gasteiger partial charge in [0.25, 0.3) is 0 Å². The highest BCUT2D eigenvalue weighted by Crippen LogP contribution is 2.40. The van der Waals surface area contributed by atoms with Crippen molar-refractivity contribution < 1.29 is 9.47 Å². The van der Waals surface area contributed by atoms with Gasteiger partial charge in [-0.05, 0) is 58.4 Å². The van der Waals surface area contributed by atoms with Gasteiger partial charge < -0.3 is 14.8 Å². The van der Waals surface area contributed by atoms with Crippen LogP contribution in [0.25, 0.3) is 0 Å². The number of halogens is 1. The van der Waals surface area contributed by atoms with E-state index in [2.05, 4.69) is 40.3 Å². The fraction of sp³-hybridized carbons (Fsp3) is 0.600. The summed E-state index contributed by atoms with van der Waals surface area (Å²) in [4.78, 5) is 0. The molecular weight excluding hydrogens is 306 g/mol. The number of fused-ring (bicyclic) bond motifs is 1. The van der Waals surface area contributed by atoms with Gasteiger partial charge in [0, 0.05) is 6.54 Å². The van der Waals surface area contributed by atoms with Gasteiger partial charge in [-0.25, -0.2) is 0 Å². The summed E-state index contributed by atoms with van der Waals surface area (Å²) in [5.41, 5.74) is 1.24. The van der Waals surface area contributed by atoms with Crippen LogP contribution in [-0.4, -0.2) is 13.3 Å². The van der Waals surface area contributed by atoms with Gasteiger partial charge in [0.2, 0.25) is 6.79 Å². The van der Waals surface area contributed by atoms with Crippen molar-refractivity contribution in [3.05, 3.63) is 22.2 Å². The second-order valence-electron chi connectivity index (χ2n) is 5.61. The second-order valence-corrected chi connectivity index (χ2v) is 6.46. The van der Waals surface area contributed by atoms with Crippen molar-refractivity contribution in [1.29, 1.82) is 0 Å². The van der Waals surface area contributed by atoms with Crippen LogP contribution in [0.15, 0.2) is 16.6 Å². The van der Waals surface area contributed by atoms with Crippen molar-refractivity contribution >= 4 is 15.9 Å². The lowest BCUT2D eigenvalue weighted by Crippen LogP contribution is -2.23. The maximum atomic E-state index is 5.44. The van der Waals surface area contributed by atoms with Crippen LogP contribution in [0.1, 0.15) is 31.7 Å². The first-order valence-electron chi connectivity index (χ1n) is 7.03. The summed E-state index contributed by atoms with van der Waals surface area (Å²) < 4.78 is 11.8. The van der Waals surface area contributed by atoms with Crippen LogP contribution in [0.3, 0.4) is 0 Å². The Morgan fingerprint density at radius 2 is 2.21 bits per heavy atom. The minimum atomic E-state index is 0.324. The molecule has 4 heteroatoms. The van der Waals surface area contributed by atoms with Crippen molar-refractivity contribution in [2.75, 3.05) is 13.3 Å². The zero-order chi connectivity index (χ0) is 13.2. The standard InChI is InChI=1S/C15H20BrNO2/c1-10-3-2-4-12(10)8-17-7-11-5-13(16)15-14(6-11)18-9-19-15/h5-6,10,12,17H,2-4,7-9H2,1H3. The fourth-order valence-electron chi connectivity index (χ4n) is 3.05. The zero-order valence-corrected chi connectivity index (χ0v) is 12.8. The SMILES string of the molecule is CC1CCCC1CNCc1cc(Br)c2c(c1)OCO2. The van der Waals surface area contributed by atoms with E-state index in [1.165, 1.54) is 24.8 Å². The first kappa shape index (κ1) is 13.3. The van der Waals surface area contributed by atoms with Gasteiger partial charge in [-0.2, -0.15) is 0 Å². The molecule has 2 unspecified atom stereocenters. The monoisotopic (exact) mass is 325 g/mol. The highest BCUT2D eigenvalue weighted by atomic mass is 79.9. The smallest absolute Gasteiger partial charge is 0.231 e. The summed E-state index contributed by atoms with van der Waals surface area (Å²) in [7, 11) is 0. The van der Waals surface area contributed by atoms with Crippen LogP contribution in [0.5, 0.6) is 11.5 Å². The molecule has 0 amide bonds. The minimum Gasteiger partial charge on any atom is -0.454 e. The van der Waals surface area contributed by atoms with E-state index >= 15 is 0 Å². The van der Waals surface area contributed by atoms with Gasteiger partial charge in [-0.15, -0.1) is 0 Å². The first-order chi connectivity index (χ1) is 9.24. The molecule has 104 valence electrons. The molecule has 1 heterocycles. The van der Waals surface area contributed by atoms with E-state index in [1.807, 2.05) is 0 Å². The molecule has 1 saturated carbocycles. The summed E-state index contributed by atoms with van der Waals surface area (Å²) in [6, 6.07) is 4.18. The maximum Gasteiger partial charge on any atom is 0.231 e. The van der Waals surface area contributed by atoms with E-state index in [4.69, 9.17) is 9.47 Å². The molecule has 0 saturated heterocycles. The number of rotatable bonds is 4. The van der Waals surface area contributed by atoms with E-state index in [-0.39, 0.29) is 0 Å². The predicted octanol–water partition coefficient (Wildman–Crippen LogP) is 3.70. The Labute approximate surface area is 122 Å². The lowest BCUT2D eigenvalue weighted by atomic mass is 9.98. The Balaban J connectivity index is 1.57. The molecule has 1 aliphatic carbocycles. The quantitative estimate of drug-likeness (QED) is 0.915. The van der Waals surface area contributed by atoms with Crippen LogP contribution in [0.2, 0.25) is 0 Å². The van der Waals surface area contributed by atoms with Crippen molar-refractivity contribution in [3.8, 4) is 11.5 Å². The third-order valence-corrected chi connectivity index (χ3v) is 4.85. The number of benzene rings is 1. The van der Waals surface area contributed by atoms with Gasteiger partial charge in [0.1, 0.15) is 0 Å². The fourth-order valence-corrected chi connectivity index (χ4v) is 3.65. The molecule has 0 spiro atoms. The highest BCUT2D eigenvalue weighted by molar-refractivity contribution is 9.10. The molecule has 1 aliphatic heterocycles. The van der Waals surface area contributed by atoms with Gasteiger partial charge in [0.05, 0.1) is 4.47 Å². The highest BCUT2D eigenvalue weighted by Gasteiger charge is 2.23. The molecular formula is C15H20BrNO2. The third-order valence-electron chi connectivity index (χ3n) is 4.26. The molecule has 0 bridgehead atoms. The van der Waals surface area contributed by atoms with Crippen LogP contribution in [0, 0.1) is 11.8 Å². The second kappa shape index (κ2) is 5.71. The Kier molecular flexibility index (Phi) is 3.99. The minimum absolute atomic E-state index is 0.324. The molecule has 2 atom stereocenters. The van der Waals surface area contributed by atoms with Crippen molar-refractivity contribution in [1.82, 2.24) is 5.32 Å². The number of hydrogen-bond donors (Lipinski definition) is 1. The Morgan fingerprint density at radius 3 is 3.00 bits per heavy atom. The number of hydrogen-bond acceptors (Lipinski definition) is 3. The molecule has 0 aromatic heterocycles. The number of ether oxygens (including phenoxy) is 2. The third kappa shape index (κ3) is 2.90. The molecule has 19 heavy (non-hydrogen) atoms. The molecule has 3 rings (SSSR count). The molecule has 1 aromatic rings. The summed E-state index contributed by atoms with van der Waals surface area (Å²) in [5.74, 6) is 3.39. The molecule has 0 radical (unpaired) electrons. The van der Waals surface area contributed by atoms with Crippen molar-refractivity contribution in [2.45, 2.75) is 32.7 Å². The molecule has 1 fully saturated rings. The van der Waals surface area contributed by atoms with Gasteiger partial charge in [-0.1, -0.05) is 19.8 Å². The van der Waals surface area contributed by atoms with Crippen LogP contribution >= 0.6 is 15.9 Å². The van der Waals surface area contributed by atoms with E-state index in [9.17, 15) is 0 Å². The largest absolute Gasteiger partial charge is 0.454 e. The van der Waals surface area contributed by atoms with Crippen LogP contribution < -0.4 is 14.8 Å². The summed E-state index contributed by atoms with van der Waals surface area (Å²) in [5, 5.41) is 3.58. The van der Waals surface area contributed by atoms with Gasteiger partial charge >= 0.3 is 0 Å². The summed E-state index contributed by atoms with van der Waals surface area (Å²) >= 11 is 3.53. The molecule has 3 nitrogen and oxygen atoms in total. The lowest BCUT2D eigenvalue weighted by molar-refractivity contribution is 0.173. The molecule has 2 aliphatic rings. The topological polar surface area (TPSA) is 30.5 Å². The summed E-state index contributed by atoms with van der Waals surface area (Å²) in [6.07, 6.45) is 4.16. The van der Waals surface area contributed by atoms with E-state index in [0.29, 0.717) is 6.79 Å². The van der Waals surface area contributed by atoms with Gasteiger partial charge in [-0.3, -0.25) is 0 Å².